The van der Waals surface area contributed by atoms with Crippen LogP contribution in [0.2, 0.25) is 0 Å². The Hall–Kier alpha value is -0.750. The second kappa shape index (κ2) is 9.52. The van der Waals surface area contributed by atoms with Gasteiger partial charge in [0.2, 0.25) is 0 Å². The Morgan fingerprint density at radius 2 is 1.83 bits per heavy atom. The van der Waals surface area contributed by atoms with E-state index in [1.165, 1.54) is 12.7 Å². The number of carbonyl (C=O) groups is 1. The Balaban J connectivity index is 0.00000242. The highest BCUT2D eigenvalue weighted by Crippen LogP contribution is 2.19. The summed E-state index contributed by atoms with van der Waals surface area (Å²) in [6.07, 6.45) is 2.69. The highest BCUT2D eigenvalue weighted by molar-refractivity contribution is 5.94. The van der Waals surface area contributed by atoms with Gasteiger partial charge >= 0.3 is 0 Å². The molecule has 1 amide bonds. The molecular formula is C16H29Cl2N3O2. The van der Waals surface area contributed by atoms with Crippen LogP contribution < -0.4 is 5.73 Å². The van der Waals surface area contributed by atoms with Crippen LogP contribution >= 0.6 is 24.8 Å². The van der Waals surface area contributed by atoms with Crippen molar-refractivity contribution in [3.05, 3.63) is 23.7 Å². The molecule has 1 aliphatic heterocycles. The van der Waals surface area contributed by atoms with Gasteiger partial charge < -0.3 is 15.1 Å². The summed E-state index contributed by atoms with van der Waals surface area (Å²) in [6.45, 7) is 11.7. The molecule has 0 aromatic carbocycles. The summed E-state index contributed by atoms with van der Waals surface area (Å²) in [5.41, 5.74) is 6.48. The van der Waals surface area contributed by atoms with E-state index in [0.717, 1.165) is 32.7 Å². The van der Waals surface area contributed by atoms with Gasteiger partial charge in [-0.3, -0.25) is 9.69 Å². The number of rotatable bonds is 4. The van der Waals surface area contributed by atoms with E-state index in [1.54, 1.807) is 6.07 Å². The predicted octanol–water partition coefficient (Wildman–Crippen LogP) is 2.78. The van der Waals surface area contributed by atoms with E-state index in [-0.39, 0.29) is 30.7 Å². The number of carbonyl (C=O) groups excluding carboxylic acids is 1. The molecule has 2 heterocycles. The van der Waals surface area contributed by atoms with E-state index in [9.17, 15) is 4.79 Å². The van der Waals surface area contributed by atoms with Crippen LogP contribution in [0.5, 0.6) is 0 Å². The van der Waals surface area contributed by atoms with Crippen LogP contribution in [0.25, 0.3) is 0 Å². The highest BCUT2D eigenvalue weighted by atomic mass is 35.5. The van der Waals surface area contributed by atoms with E-state index in [4.69, 9.17) is 10.2 Å². The van der Waals surface area contributed by atoms with Crippen molar-refractivity contribution in [3.63, 3.8) is 0 Å². The highest BCUT2D eigenvalue weighted by Gasteiger charge is 2.24. The molecule has 2 N–H and O–H groups in total. The van der Waals surface area contributed by atoms with Gasteiger partial charge in [0, 0.05) is 26.2 Å². The molecular weight excluding hydrogens is 337 g/mol. The number of furan rings is 1. The molecule has 1 aliphatic rings. The first-order chi connectivity index (χ1) is 9.89. The molecule has 5 nitrogen and oxygen atoms in total. The van der Waals surface area contributed by atoms with Crippen molar-refractivity contribution in [1.82, 2.24) is 9.80 Å². The zero-order valence-electron chi connectivity index (χ0n) is 14.2. The molecule has 0 radical (unpaired) electrons. The molecule has 134 valence electrons. The van der Waals surface area contributed by atoms with Crippen molar-refractivity contribution >= 4 is 30.7 Å². The summed E-state index contributed by atoms with van der Waals surface area (Å²) >= 11 is 0. The summed E-state index contributed by atoms with van der Waals surface area (Å²) in [4.78, 5) is 16.7. The van der Waals surface area contributed by atoms with Gasteiger partial charge in [-0.2, -0.15) is 0 Å². The lowest BCUT2D eigenvalue weighted by atomic mass is 9.92. The number of piperazine rings is 1. The minimum Gasteiger partial charge on any atom is -0.467 e. The van der Waals surface area contributed by atoms with Crippen LogP contribution in [0, 0.1) is 5.41 Å². The normalized spacial score (nSPS) is 15.7. The maximum atomic E-state index is 12.4. The number of hydrogen-bond acceptors (Lipinski definition) is 4. The molecule has 23 heavy (non-hydrogen) atoms. The Morgan fingerprint density at radius 3 is 2.30 bits per heavy atom. The zero-order valence-corrected chi connectivity index (χ0v) is 15.8. The van der Waals surface area contributed by atoms with Crippen molar-refractivity contribution in [2.75, 3.05) is 32.7 Å². The number of amides is 1. The van der Waals surface area contributed by atoms with Gasteiger partial charge in [0.1, 0.15) is 12.0 Å². The summed E-state index contributed by atoms with van der Waals surface area (Å²) in [7, 11) is 0. The first-order valence-electron chi connectivity index (χ1n) is 7.68. The quantitative estimate of drug-likeness (QED) is 0.890. The molecule has 1 aromatic heterocycles. The lowest BCUT2D eigenvalue weighted by molar-refractivity contribution is 0.0622. The molecule has 2 rings (SSSR count). The number of halogens is 2. The number of nitrogens with two attached hydrogens (primary N) is 1. The summed E-state index contributed by atoms with van der Waals surface area (Å²) in [5.74, 6) is 0.705. The van der Waals surface area contributed by atoms with Crippen LogP contribution in [0.15, 0.2) is 16.7 Å². The van der Waals surface area contributed by atoms with E-state index in [0.29, 0.717) is 23.3 Å². The van der Waals surface area contributed by atoms with E-state index < -0.39 is 0 Å². The summed E-state index contributed by atoms with van der Waals surface area (Å²) < 4.78 is 5.24. The third-order valence-corrected chi connectivity index (χ3v) is 3.94. The van der Waals surface area contributed by atoms with Crippen LogP contribution in [-0.4, -0.2) is 48.4 Å². The molecule has 1 fully saturated rings. The van der Waals surface area contributed by atoms with Crippen molar-refractivity contribution < 1.29 is 9.21 Å². The van der Waals surface area contributed by atoms with Crippen LogP contribution in [-0.2, 0) is 6.54 Å². The smallest absolute Gasteiger partial charge is 0.257 e. The molecule has 0 aliphatic carbocycles. The molecule has 1 aromatic rings. The third kappa shape index (κ3) is 6.71. The van der Waals surface area contributed by atoms with Crippen LogP contribution in [0.3, 0.4) is 0 Å². The topological polar surface area (TPSA) is 62.7 Å². The Labute approximate surface area is 151 Å². The monoisotopic (exact) mass is 365 g/mol. The zero-order chi connectivity index (χ0) is 15.5. The fraction of sp³-hybridized carbons (Fsp3) is 0.688. The molecule has 7 heteroatoms. The predicted molar refractivity (Wildman–Crippen MR) is 97.5 cm³/mol. The van der Waals surface area contributed by atoms with Gasteiger partial charge in [-0.25, -0.2) is 0 Å². The second-order valence-corrected chi connectivity index (χ2v) is 6.95. The summed E-state index contributed by atoms with van der Waals surface area (Å²) in [6, 6.07) is 1.74. The molecule has 1 saturated heterocycles. The fourth-order valence-electron chi connectivity index (χ4n) is 2.45. The maximum absolute atomic E-state index is 12.4. The minimum atomic E-state index is 0. The van der Waals surface area contributed by atoms with E-state index in [2.05, 4.69) is 25.7 Å². The first kappa shape index (κ1) is 22.2. The molecule has 0 saturated carbocycles. The van der Waals surface area contributed by atoms with Crippen molar-refractivity contribution in [2.45, 2.75) is 33.7 Å². The van der Waals surface area contributed by atoms with Crippen LogP contribution in [0.4, 0.5) is 0 Å². The average Bonchev–Trinajstić information content (AvgIpc) is 2.93. The van der Waals surface area contributed by atoms with E-state index in [1.807, 2.05) is 4.90 Å². The molecule has 0 spiro atoms. The van der Waals surface area contributed by atoms with Gasteiger partial charge in [0.05, 0.1) is 12.1 Å². The van der Waals surface area contributed by atoms with Gasteiger partial charge in [-0.15, -0.1) is 24.8 Å². The first-order valence-corrected chi connectivity index (χ1v) is 7.68. The van der Waals surface area contributed by atoms with Gasteiger partial charge in [0.25, 0.3) is 5.91 Å². The van der Waals surface area contributed by atoms with E-state index >= 15 is 0 Å². The Bertz CT molecular complexity index is 478. The molecule has 0 bridgehead atoms. The summed E-state index contributed by atoms with van der Waals surface area (Å²) in [5, 5.41) is 0. The lowest BCUT2D eigenvalue weighted by Crippen LogP contribution is -2.49. The largest absolute Gasteiger partial charge is 0.467 e. The number of nitrogens with zero attached hydrogens (tertiary/aromatic N) is 2. The lowest BCUT2D eigenvalue weighted by Gasteiger charge is -2.35. The van der Waals surface area contributed by atoms with Crippen molar-refractivity contribution in [2.24, 2.45) is 11.1 Å². The van der Waals surface area contributed by atoms with Gasteiger partial charge in [0.15, 0.2) is 0 Å². The molecule has 0 atom stereocenters. The average molecular weight is 366 g/mol. The molecule has 0 unspecified atom stereocenters. The number of hydrogen-bond donors (Lipinski definition) is 1. The Morgan fingerprint density at radius 1 is 1.22 bits per heavy atom. The third-order valence-electron chi connectivity index (χ3n) is 3.94. The van der Waals surface area contributed by atoms with Crippen molar-refractivity contribution in [1.29, 1.82) is 0 Å². The van der Waals surface area contributed by atoms with Crippen molar-refractivity contribution in [3.8, 4) is 0 Å². The Kier molecular flexibility index (Phi) is 9.21. The SMILES string of the molecule is CC(C)(C)CCN1CCN(C(=O)c2coc(CN)c2)CC1.Cl.Cl. The fourth-order valence-corrected chi connectivity index (χ4v) is 2.45. The standard InChI is InChI=1S/C16H27N3O2.2ClH/c1-16(2,3)4-5-18-6-8-19(9-7-18)15(20)13-10-14(11-17)21-12-13;;/h10,12H,4-9,11,17H2,1-3H3;2*1H. The van der Waals surface area contributed by atoms with Crippen LogP contribution in [0.1, 0.15) is 43.3 Å². The second-order valence-electron chi connectivity index (χ2n) is 6.95. The maximum Gasteiger partial charge on any atom is 0.257 e. The van der Waals surface area contributed by atoms with Gasteiger partial charge in [-0.05, 0) is 24.4 Å². The minimum absolute atomic E-state index is 0. The van der Waals surface area contributed by atoms with Gasteiger partial charge in [-0.1, -0.05) is 20.8 Å².